The van der Waals surface area contributed by atoms with E-state index in [0.29, 0.717) is 13.0 Å². The topological polar surface area (TPSA) is 85.8 Å². The number of ether oxygens (including phenoxy) is 1. The van der Waals surface area contributed by atoms with Crippen molar-refractivity contribution in [2.45, 2.75) is 39.8 Å². The Hall–Kier alpha value is -3.00. The van der Waals surface area contributed by atoms with E-state index in [0.717, 1.165) is 10.1 Å². The molecule has 0 spiro atoms. The predicted octanol–water partition coefficient (Wildman–Crippen LogP) is 2.24. The highest BCUT2D eigenvalue weighted by atomic mass is 19.1. The van der Waals surface area contributed by atoms with Gasteiger partial charge in [0.15, 0.2) is 0 Å². The van der Waals surface area contributed by atoms with Gasteiger partial charge in [0.25, 0.3) is 5.56 Å². The fraction of sp³-hybridized carbons (Fsp3) is 0.381. The van der Waals surface area contributed by atoms with E-state index >= 15 is 0 Å². The van der Waals surface area contributed by atoms with Crippen LogP contribution >= 0.6 is 0 Å². The molecule has 0 saturated carbocycles. The summed E-state index contributed by atoms with van der Waals surface area (Å²) in [6.45, 7) is 5.14. The van der Waals surface area contributed by atoms with Crippen LogP contribution in [-0.4, -0.2) is 32.8 Å². The molecule has 156 valence electrons. The molecule has 1 atom stereocenters. The highest BCUT2D eigenvalue weighted by molar-refractivity contribution is 5.89. The van der Waals surface area contributed by atoms with E-state index < -0.39 is 17.4 Å². The van der Waals surface area contributed by atoms with Crippen molar-refractivity contribution in [3.05, 3.63) is 74.2 Å². The number of aliphatic hydroxyl groups excluding tert-OH is 1. The number of aromatic nitrogens is 2. The molecule has 7 nitrogen and oxygen atoms in total. The van der Waals surface area contributed by atoms with Gasteiger partial charge < -0.3 is 9.84 Å². The van der Waals surface area contributed by atoms with E-state index in [1.807, 2.05) is 6.08 Å². The Balaban J connectivity index is 2.39. The third kappa shape index (κ3) is 5.74. The summed E-state index contributed by atoms with van der Waals surface area (Å²) in [5, 5.41) is 9.54. The highest BCUT2D eigenvalue weighted by Crippen LogP contribution is 2.13. The molecule has 29 heavy (non-hydrogen) atoms. The molecule has 0 fully saturated rings. The molecule has 2 rings (SSSR count). The number of hydrogen-bond donors (Lipinski definition) is 1. The van der Waals surface area contributed by atoms with Gasteiger partial charge in [0, 0.05) is 7.05 Å². The standard InChI is InChI=1S/C21H26FN3O4/c1-5-29-18(8-6-7-16-9-11-17(22)12-10-16)23-19-15(3)20(27)25(13-14(2)26)21(28)24(19)4/h6,8-12,14,26H,5,7,13H2,1-4H3/b8-6-,23-18?. The van der Waals surface area contributed by atoms with E-state index in [9.17, 15) is 19.1 Å². The average Bonchev–Trinajstić information content (AvgIpc) is 2.68. The van der Waals surface area contributed by atoms with Crippen molar-refractivity contribution in [2.75, 3.05) is 6.61 Å². The maximum atomic E-state index is 13.0. The largest absolute Gasteiger partial charge is 0.478 e. The quantitative estimate of drug-likeness (QED) is 0.568. The van der Waals surface area contributed by atoms with Crippen molar-refractivity contribution in [3.8, 4) is 0 Å². The average molecular weight is 403 g/mol. The summed E-state index contributed by atoms with van der Waals surface area (Å²) in [4.78, 5) is 29.4. The Morgan fingerprint density at radius 1 is 1.31 bits per heavy atom. The minimum atomic E-state index is -0.831. The first-order valence-electron chi connectivity index (χ1n) is 9.35. The number of aliphatic imine (C=N–C) groups is 1. The third-order valence-corrected chi connectivity index (χ3v) is 4.22. The predicted molar refractivity (Wildman–Crippen MR) is 110 cm³/mol. The molecule has 8 heteroatoms. The lowest BCUT2D eigenvalue weighted by Crippen LogP contribution is -2.42. The summed E-state index contributed by atoms with van der Waals surface area (Å²) in [5.74, 6) is 0.146. The molecule has 0 aliphatic heterocycles. The molecule has 0 aliphatic carbocycles. The maximum Gasteiger partial charge on any atom is 0.332 e. The first-order valence-corrected chi connectivity index (χ1v) is 9.35. The monoisotopic (exact) mass is 403 g/mol. The van der Waals surface area contributed by atoms with Gasteiger partial charge in [-0.25, -0.2) is 9.18 Å². The van der Waals surface area contributed by atoms with Crippen LogP contribution in [0.1, 0.15) is 25.0 Å². The van der Waals surface area contributed by atoms with Crippen molar-refractivity contribution in [1.82, 2.24) is 9.13 Å². The van der Waals surface area contributed by atoms with Crippen molar-refractivity contribution in [2.24, 2.45) is 12.0 Å². The zero-order valence-corrected chi connectivity index (χ0v) is 17.1. The minimum absolute atomic E-state index is 0.0910. The molecule has 0 saturated heterocycles. The number of benzene rings is 1. The summed E-state index contributed by atoms with van der Waals surface area (Å²) >= 11 is 0. The van der Waals surface area contributed by atoms with Gasteiger partial charge in [-0.2, -0.15) is 4.99 Å². The second-order valence-corrected chi connectivity index (χ2v) is 6.67. The molecule has 1 aromatic heterocycles. The number of hydrogen-bond acceptors (Lipinski definition) is 5. The van der Waals surface area contributed by atoms with Crippen LogP contribution < -0.4 is 11.2 Å². The van der Waals surface area contributed by atoms with Gasteiger partial charge in [-0.3, -0.25) is 13.9 Å². The second-order valence-electron chi connectivity index (χ2n) is 6.67. The minimum Gasteiger partial charge on any atom is -0.478 e. The van der Waals surface area contributed by atoms with Crippen molar-refractivity contribution in [1.29, 1.82) is 0 Å². The number of allylic oxidation sites excluding steroid dienone is 1. The van der Waals surface area contributed by atoms with Crippen LogP contribution in [0.3, 0.4) is 0 Å². The number of nitrogens with zero attached hydrogens (tertiary/aromatic N) is 3. The number of rotatable bonds is 7. The van der Waals surface area contributed by atoms with Crippen molar-refractivity contribution >= 4 is 11.7 Å². The molecule has 0 amide bonds. The summed E-state index contributed by atoms with van der Waals surface area (Å²) in [6, 6.07) is 6.16. The van der Waals surface area contributed by atoms with Crippen LogP contribution in [-0.2, 0) is 24.8 Å². The number of aliphatic hydroxyl groups is 1. The van der Waals surface area contributed by atoms with E-state index in [1.54, 1.807) is 32.1 Å². The Morgan fingerprint density at radius 3 is 2.55 bits per heavy atom. The van der Waals surface area contributed by atoms with Gasteiger partial charge >= 0.3 is 5.69 Å². The third-order valence-electron chi connectivity index (χ3n) is 4.22. The Bertz CT molecular complexity index is 981. The van der Waals surface area contributed by atoms with Gasteiger partial charge in [-0.15, -0.1) is 0 Å². The van der Waals surface area contributed by atoms with Crippen molar-refractivity contribution < 1.29 is 14.2 Å². The van der Waals surface area contributed by atoms with Crippen LogP contribution in [0.5, 0.6) is 0 Å². The fourth-order valence-electron chi connectivity index (χ4n) is 2.78. The second kappa shape index (κ2) is 9.97. The van der Waals surface area contributed by atoms with Gasteiger partial charge in [-0.05, 0) is 51.0 Å². The molecular weight excluding hydrogens is 377 g/mol. The van der Waals surface area contributed by atoms with Crippen LogP contribution in [0.15, 0.2) is 51.0 Å². The Kier molecular flexibility index (Phi) is 7.67. The van der Waals surface area contributed by atoms with Gasteiger partial charge in [0.1, 0.15) is 11.6 Å². The molecule has 0 bridgehead atoms. The summed E-state index contributed by atoms with van der Waals surface area (Å²) < 4.78 is 20.8. The highest BCUT2D eigenvalue weighted by Gasteiger charge is 2.15. The fourth-order valence-corrected chi connectivity index (χ4v) is 2.78. The molecule has 1 unspecified atom stereocenters. The van der Waals surface area contributed by atoms with E-state index in [4.69, 9.17) is 4.74 Å². The lowest BCUT2D eigenvalue weighted by molar-refractivity contribution is 0.169. The smallest absolute Gasteiger partial charge is 0.332 e. The van der Waals surface area contributed by atoms with Crippen LogP contribution in [0.4, 0.5) is 10.2 Å². The van der Waals surface area contributed by atoms with Crippen LogP contribution in [0.25, 0.3) is 0 Å². The lowest BCUT2D eigenvalue weighted by Gasteiger charge is -2.14. The molecule has 1 N–H and O–H groups in total. The SMILES string of the molecule is CCOC(/C=C\Cc1ccc(F)cc1)=Nc1c(C)c(=O)n(CC(C)O)c(=O)n1C. The van der Waals surface area contributed by atoms with Gasteiger partial charge in [-0.1, -0.05) is 18.2 Å². The Labute approximate surface area is 168 Å². The summed E-state index contributed by atoms with van der Waals surface area (Å²) in [6.07, 6.45) is 3.17. The van der Waals surface area contributed by atoms with Gasteiger partial charge in [0.2, 0.25) is 5.90 Å². The zero-order chi connectivity index (χ0) is 21.6. The Morgan fingerprint density at radius 2 is 1.97 bits per heavy atom. The first kappa shape index (κ1) is 22.3. The summed E-state index contributed by atoms with van der Waals surface area (Å²) in [7, 11) is 1.51. The van der Waals surface area contributed by atoms with Crippen molar-refractivity contribution in [3.63, 3.8) is 0 Å². The van der Waals surface area contributed by atoms with E-state index in [2.05, 4.69) is 4.99 Å². The molecule has 1 aromatic carbocycles. The molecule has 2 aromatic rings. The lowest BCUT2D eigenvalue weighted by atomic mass is 10.1. The molecular formula is C21H26FN3O4. The molecule has 1 heterocycles. The molecule has 0 radical (unpaired) electrons. The number of halogens is 1. The van der Waals surface area contributed by atoms with Gasteiger partial charge in [0.05, 0.1) is 24.8 Å². The maximum absolute atomic E-state index is 13.0. The molecule has 0 aliphatic rings. The summed E-state index contributed by atoms with van der Waals surface area (Å²) in [5.41, 5.74) is 0.130. The van der Waals surface area contributed by atoms with E-state index in [1.165, 1.54) is 30.7 Å². The zero-order valence-electron chi connectivity index (χ0n) is 17.1. The van der Waals surface area contributed by atoms with Crippen LogP contribution in [0, 0.1) is 12.7 Å². The van der Waals surface area contributed by atoms with Crippen LogP contribution in [0.2, 0.25) is 0 Å². The van der Waals surface area contributed by atoms with E-state index in [-0.39, 0.29) is 29.6 Å². The normalized spacial score (nSPS) is 13.1. The first-order chi connectivity index (χ1) is 13.7.